The van der Waals surface area contributed by atoms with Gasteiger partial charge in [0.15, 0.2) is 0 Å². The lowest BCUT2D eigenvalue weighted by molar-refractivity contribution is 0.139. The molecule has 3 rings (SSSR count). The molecule has 3 fully saturated rings. The second-order valence-corrected chi connectivity index (χ2v) is 7.75. The number of rotatable bonds is 2. The van der Waals surface area contributed by atoms with Gasteiger partial charge < -0.3 is 0 Å². The minimum Gasteiger partial charge on any atom is -0.0625 e. The van der Waals surface area contributed by atoms with Crippen molar-refractivity contribution in [3.8, 4) is 0 Å². The fourth-order valence-corrected chi connectivity index (χ4v) is 5.37. The van der Waals surface area contributed by atoms with Crippen LogP contribution >= 0.6 is 0 Å². The van der Waals surface area contributed by atoms with Crippen molar-refractivity contribution < 1.29 is 0 Å². The Bertz CT molecular complexity index is 230. The Morgan fingerprint density at radius 2 is 1.00 bits per heavy atom. The summed E-state index contributed by atoms with van der Waals surface area (Å²) in [6.07, 6.45) is 18.7. The van der Waals surface area contributed by atoms with Crippen molar-refractivity contribution in [3.63, 3.8) is 0 Å². The largest absolute Gasteiger partial charge is 0.0625 e. The van der Waals surface area contributed by atoms with Crippen molar-refractivity contribution in [3.05, 3.63) is 0 Å². The van der Waals surface area contributed by atoms with Crippen LogP contribution in [-0.2, 0) is 0 Å². The Morgan fingerprint density at radius 3 is 1.56 bits per heavy atom. The molecule has 0 bridgehead atoms. The molecule has 0 N–H and O–H groups in total. The van der Waals surface area contributed by atoms with Crippen LogP contribution in [0.3, 0.4) is 0 Å². The first kappa shape index (κ1) is 13.0. The molecule has 3 aliphatic carbocycles. The van der Waals surface area contributed by atoms with E-state index in [2.05, 4.69) is 6.92 Å². The molecule has 0 nitrogen and oxygen atoms in total. The van der Waals surface area contributed by atoms with E-state index in [1.54, 1.807) is 51.4 Å². The van der Waals surface area contributed by atoms with Gasteiger partial charge in [0, 0.05) is 0 Å². The highest BCUT2D eigenvalue weighted by molar-refractivity contribution is 4.85. The van der Waals surface area contributed by atoms with Gasteiger partial charge in [0.1, 0.15) is 0 Å². The second kappa shape index (κ2) is 5.97. The predicted octanol–water partition coefficient (Wildman–Crippen LogP) is 5.81. The molecule has 2 atom stereocenters. The van der Waals surface area contributed by atoms with Gasteiger partial charge in [0.05, 0.1) is 0 Å². The summed E-state index contributed by atoms with van der Waals surface area (Å²) in [5.41, 5.74) is 0. The summed E-state index contributed by atoms with van der Waals surface area (Å²) in [4.78, 5) is 0. The predicted molar refractivity (Wildman–Crippen MR) is 78.5 cm³/mol. The Balaban J connectivity index is 1.45. The first-order valence-electron chi connectivity index (χ1n) is 8.83. The maximum absolute atomic E-state index is 2.47. The minimum atomic E-state index is 1.03. The van der Waals surface area contributed by atoms with Crippen LogP contribution in [0.4, 0.5) is 0 Å². The summed E-state index contributed by atoms with van der Waals surface area (Å²) >= 11 is 0. The molecule has 0 radical (unpaired) electrons. The first-order valence-corrected chi connectivity index (χ1v) is 8.83. The van der Waals surface area contributed by atoms with Crippen molar-refractivity contribution in [2.24, 2.45) is 29.6 Å². The van der Waals surface area contributed by atoms with Crippen molar-refractivity contribution in [2.75, 3.05) is 0 Å². The van der Waals surface area contributed by atoms with E-state index < -0.39 is 0 Å². The highest BCUT2D eigenvalue weighted by atomic mass is 14.4. The van der Waals surface area contributed by atoms with Gasteiger partial charge in [-0.2, -0.15) is 0 Å². The monoisotopic (exact) mass is 248 g/mol. The van der Waals surface area contributed by atoms with E-state index in [9.17, 15) is 0 Å². The van der Waals surface area contributed by atoms with Crippen LogP contribution in [0, 0.1) is 29.6 Å². The van der Waals surface area contributed by atoms with Crippen LogP contribution in [0.15, 0.2) is 0 Å². The summed E-state index contributed by atoms with van der Waals surface area (Å²) in [7, 11) is 0. The van der Waals surface area contributed by atoms with Crippen LogP contribution in [0.1, 0.15) is 84.0 Å². The van der Waals surface area contributed by atoms with E-state index in [0.29, 0.717) is 0 Å². The summed E-state index contributed by atoms with van der Waals surface area (Å²) in [6, 6.07) is 0. The SMILES string of the molecule is CC1CCC(C2CCC(C3CCCCC3)CC2)C1. The molecule has 0 amide bonds. The van der Waals surface area contributed by atoms with E-state index in [-0.39, 0.29) is 0 Å². The zero-order valence-corrected chi connectivity index (χ0v) is 12.4. The molecule has 0 saturated heterocycles. The Morgan fingerprint density at radius 1 is 0.500 bits per heavy atom. The minimum absolute atomic E-state index is 1.03. The normalized spacial score (nSPS) is 43.2. The zero-order chi connectivity index (χ0) is 12.4. The smallest absolute Gasteiger partial charge is 0.0383 e. The van der Waals surface area contributed by atoms with Crippen LogP contribution in [0.2, 0.25) is 0 Å². The average Bonchev–Trinajstić information content (AvgIpc) is 2.87. The van der Waals surface area contributed by atoms with Gasteiger partial charge in [-0.3, -0.25) is 0 Å². The van der Waals surface area contributed by atoms with Crippen LogP contribution in [0.5, 0.6) is 0 Å². The lowest BCUT2D eigenvalue weighted by Gasteiger charge is -2.37. The fourth-order valence-electron chi connectivity index (χ4n) is 5.37. The third-order valence-electron chi connectivity index (χ3n) is 6.54. The molecule has 2 unspecified atom stereocenters. The van der Waals surface area contributed by atoms with Crippen LogP contribution in [0.25, 0.3) is 0 Å². The van der Waals surface area contributed by atoms with E-state index >= 15 is 0 Å². The lowest BCUT2D eigenvalue weighted by Crippen LogP contribution is -2.26. The quantitative estimate of drug-likeness (QED) is 0.578. The van der Waals surface area contributed by atoms with E-state index in [1.807, 2.05) is 0 Å². The van der Waals surface area contributed by atoms with Gasteiger partial charge in [-0.05, 0) is 68.1 Å². The average molecular weight is 248 g/mol. The molecule has 104 valence electrons. The molecule has 3 aliphatic rings. The van der Waals surface area contributed by atoms with Crippen molar-refractivity contribution in [1.29, 1.82) is 0 Å². The molecule has 3 saturated carbocycles. The van der Waals surface area contributed by atoms with E-state index in [0.717, 1.165) is 29.6 Å². The van der Waals surface area contributed by atoms with Crippen molar-refractivity contribution >= 4 is 0 Å². The molecule has 0 heteroatoms. The highest BCUT2D eigenvalue weighted by Gasteiger charge is 2.34. The van der Waals surface area contributed by atoms with Crippen LogP contribution < -0.4 is 0 Å². The van der Waals surface area contributed by atoms with Gasteiger partial charge in [-0.25, -0.2) is 0 Å². The zero-order valence-electron chi connectivity index (χ0n) is 12.4. The van der Waals surface area contributed by atoms with E-state index in [1.165, 1.54) is 25.7 Å². The van der Waals surface area contributed by atoms with Gasteiger partial charge in [0.25, 0.3) is 0 Å². The molecule has 0 heterocycles. The molecule has 0 spiro atoms. The van der Waals surface area contributed by atoms with E-state index in [4.69, 9.17) is 0 Å². The Labute approximate surface area is 114 Å². The molecule has 0 aromatic heterocycles. The molecular formula is C18H32. The topological polar surface area (TPSA) is 0 Å². The Kier molecular flexibility index (Phi) is 4.31. The highest BCUT2D eigenvalue weighted by Crippen LogP contribution is 2.46. The maximum atomic E-state index is 2.47. The molecular weight excluding hydrogens is 216 g/mol. The third kappa shape index (κ3) is 2.94. The summed E-state index contributed by atoms with van der Waals surface area (Å²) in [5, 5.41) is 0. The molecule has 0 aromatic rings. The van der Waals surface area contributed by atoms with Gasteiger partial charge in [0.2, 0.25) is 0 Å². The number of hydrogen-bond acceptors (Lipinski definition) is 0. The van der Waals surface area contributed by atoms with Crippen LogP contribution in [-0.4, -0.2) is 0 Å². The Hall–Kier alpha value is 0. The standard InChI is InChI=1S/C18H32/c1-14-7-8-18(13-14)17-11-9-16(10-12-17)15-5-3-2-4-6-15/h14-18H,2-13H2,1H3. The first-order chi connectivity index (χ1) is 8.83. The van der Waals surface area contributed by atoms with Gasteiger partial charge in [-0.1, -0.05) is 45.4 Å². The van der Waals surface area contributed by atoms with Crippen molar-refractivity contribution in [2.45, 2.75) is 84.0 Å². The molecule has 18 heavy (non-hydrogen) atoms. The molecule has 0 aliphatic heterocycles. The second-order valence-electron chi connectivity index (χ2n) is 7.75. The summed E-state index contributed by atoms with van der Waals surface area (Å²) < 4.78 is 0. The summed E-state index contributed by atoms with van der Waals surface area (Å²) in [6.45, 7) is 2.47. The third-order valence-corrected chi connectivity index (χ3v) is 6.54. The molecule has 0 aromatic carbocycles. The maximum Gasteiger partial charge on any atom is -0.0383 e. The summed E-state index contributed by atoms with van der Waals surface area (Å²) in [5.74, 6) is 5.52. The number of hydrogen-bond donors (Lipinski definition) is 0. The fraction of sp³-hybridized carbons (Fsp3) is 1.00. The van der Waals surface area contributed by atoms with Gasteiger partial charge in [-0.15, -0.1) is 0 Å². The van der Waals surface area contributed by atoms with Crippen molar-refractivity contribution in [1.82, 2.24) is 0 Å². The lowest BCUT2D eigenvalue weighted by atomic mass is 9.68. The van der Waals surface area contributed by atoms with Gasteiger partial charge >= 0.3 is 0 Å².